The van der Waals surface area contributed by atoms with Crippen molar-refractivity contribution in [3.8, 4) is 5.75 Å². The third-order valence-corrected chi connectivity index (χ3v) is 9.01. The van der Waals surface area contributed by atoms with Crippen LogP contribution in [-0.4, -0.2) is 29.5 Å². The van der Waals surface area contributed by atoms with Crippen molar-refractivity contribution in [1.82, 2.24) is 4.90 Å². The van der Waals surface area contributed by atoms with Gasteiger partial charge in [0.05, 0.1) is 12.0 Å². The van der Waals surface area contributed by atoms with Crippen LogP contribution in [0, 0.1) is 0 Å². The minimum atomic E-state index is -0.691. The standard InChI is InChI=1S/C32H30N2O3/c1-31(2)26-14-8-9-15-27(26)33(3)32(31)17-16-23-22-11-5-4-10-21(22)20(18-28(23)37-32)19-34-29(35)24-12-6-7-13-25(24)30(34)36/h4-5,8-11,14-18H,6-7,12-13,19H2,1-3H3. The van der Waals surface area contributed by atoms with Crippen LogP contribution in [0.15, 0.2) is 71.8 Å². The zero-order valence-corrected chi connectivity index (χ0v) is 21.5. The van der Waals surface area contributed by atoms with Crippen molar-refractivity contribution in [1.29, 1.82) is 0 Å². The van der Waals surface area contributed by atoms with Crippen LogP contribution in [-0.2, 0) is 21.5 Å². The predicted octanol–water partition coefficient (Wildman–Crippen LogP) is 6.11. The summed E-state index contributed by atoms with van der Waals surface area (Å²) in [5.41, 5.74) is 4.82. The molecule has 3 heterocycles. The summed E-state index contributed by atoms with van der Waals surface area (Å²) in [5.74, 6) is 0.539. The number of fused-ring (bicyclic) bond motifs is 4. The maximum atomic E-state index is 13.2. The smallest absolute Gasteiger partial charge is 0.257 e. The average molecular weight is 491 g/mol. The number of anilines is 1. The van der Waals surface area contributed by atoms with E-state index in [0.717, 1.165) is 57.3 Å². The third kappa shape index (κ3) is 2.85. The van der Waals surface area contributed by atoms with Gasteiger partial charge in [-0.05, 0) is 85.7 Å². The van der Waals surface area contributed by atoms with E-state index >= 15 is 0 Å². The SMILES string of the molecule is CN1c2ccccc2C(C)(C)C12C=Cc1c(cc(CN3C(=O)C4=C(CCCC4)C3=O)c3ccccc13)O2. The number of rotatable bonds is 2. The molecule has 3 aromatic carbocycles. The number of ether oxygens (including phenoxy) is 1. The highest BCUT2D eigenvalue weighted by Crippen LogP contribution is 2.55. The normalized spacial score (nSPS) is 23.5. The molecular weight excluding hydrogens is 460 g/mol. The first kappa shape index (κ1) is 22.3. The fourth-order valence-electron chi connectivity index (χ4n) is 6.94. The predicted molar refractivity (Wildman–Crippen MR) is 145 cm³/mol. The molecule has 2 amide bonds. The number of nitrogens with zero attached hydrogens (tertiary/aromatic N) is 2. The lowest BCUT2D eigenvalue weighted by Crippen LogP contribution is -2.58. The maximum absolute atomic E-state index is 13.2. The summed E-state index contributed by atoms with van der Waals surface area (Å²) >= 11 is 0. The molecule has 4 aliphatic rings. The van der Waals surface area contributed by atoms with Crippen molar-refractivity contribution in [2.45, 2.75) is 57.2 Å². The van der Waals surface area contributed by atoms with Crippen molar-refractivity contribution in [2.75, 3.05) is 11.9 Å². The van der Waals surface area contributed by atoms with E-state index in [2.05, 4.69) is 74.3 Å². The van der Waals surface area contributed by atoms with E-state index in [9.17, 15) is 9.59 Å². The molecule has 1 aliphatic carbocycles. The summed E-state index contributed by atoms with van der Waals surface area (Å²) in [7, 11) is 2.09. The van der Waals surface area contributed by atoms with Crippen LogP contribution in [0.4, 0.5) is 5.69 Å². The number of imide groups is 1. The molecular formula is C32H30N2O3. The first-order chi connectivity index (χ1) is 17.8. The number of hydrogen-bond acceptors (Lipinski definition) is 4. The van der Waals surface area contributed by atoms with E-state index < -0.39 is 5.72 Å². The molecule has 0 bridgehead atoms. The molecule has 37 heavy (non-hydrogen) atoms. The first-order valence-electron chi connectivity index (χ1n) is 13.2. The monoisotopic (exact) mass is 490 g/mol. The van der Waals surface area contributed by atoms with Gasteiger partial charge in [0.25, 0.3) is 11.8 Å². The van der Waals surface area contributed by atoms with Crippen LogP contribution in [0.3, 0.4) is 0 Å². The molecule has 0 saturated carbocycles. The lowest BCUT2D eigenvalue weighted by Gasteiger charge is -2.46. The summed E-state index contributed by atoms with van der Waals surface area (Å²) in [6.45, 7) is 4.70. The van der Waals surface area contributed by atoms with E-state index in [-0.39, 0.29) is 23.8 Å². The Bertz CT molecular complexity index is 1550. The van der Waals surface area contributed by atoms with Gasteiger partial charge in [-0.25, -0.2) is 0 Å². The summed E-state index contributed by atoms with van der Waals surface area (Å²) in [5, 5.41) is 2.10. The summed E-state index contributed by atoms with van der Waals surface area (Å²) < 4.78 is 6.99. The molecule has 0 fully saturated rings. The minimum absolute atomic E-state index is 0.120. The molecule has 0 radical (unpaired) electrons. The highest BCUT2D eigenvalue weighted by atomic mass is 16.5. The van der Waals surface area contributed by atoms with Crippen LogP contribution in [0.25, 0.3) is 16.8 Å². The summed E-state index contributed by atoms with van der Waals surface area (Å²) in [6.07, 6.45) is 7.73. The number of amides is 2. The minimum Gasteiger partial charge on any atom is -0.463 e. The lowest BCUT2D eigenvalue weighted by atomic mass is 9.76. The molecule has 0 saturated heterocycles. The second-order valence-corrected chi connectivity index (χ2v) is 11.2. The quantitative estimate of drug-likeness (QED) is 0.407. The Morgan fingerprint density at radius 3 is 2.24 bits per heavy atom. The lowest BCUT2D eigenvalue weighted by molar-refractivity contribution is -0.138. The molecule has 0 aromatic heterocycles. The average Bonchev–Trinajstić information content (AvgIpc) is 3.25. The molecule has 5 nitrogen and oxygen atoms in total. The fraction of sp³-hybridized carbons (Fsp3) is 0.312. The van der Waals surface area contributed by atoms with Gasteiger partial charge in [-0.3, -0.25) is 14.5 Å². The third-order valence-electron chi connectivity index (χ3n) is 9.01. The van der Waals surface area contributed by atoms with Gasteiger partial charge in [-0.2, -0.15) is 0 Å². The van der Waals surface area contributed by atoms with Crippen molar-refractivity contribution in [3.05, 3.63) is 88.5 Å². The largest absolute Gasteiger partial charge is 0.463 e. The van der Waals surface area contributed by atoms with Gasteiger partial charge in [0, 0.05) is 29.4 Å². The number of carbonyl (C=O) groups is 2. The number of hydrogen-bond donors (Lipinski definition) is 0. The van der Waals surface area contributed by atoms with Crippen molar-refractivity contribution >= 4 is 34.4 Å². The second-order valence-electron chi connectivity index (χ2n) is 11.2. The Balaban J connectivity index is 1.33. The van der Waals surface area contributed by atoms with Crippen LogP contribution >= 0.6 is 0 Å². The van der Waals surface area contributed by atoms with Gasteiger partial charge in [0.1, 0.15) is 5.75 Å². The van der Waals surface area contributed by atoms with E-state index in [0.29, 0.717) is 12.8 Å². The van der Waals surface area contributed by atoms with Crippen LogP contribution in [0.5, 0.6) is 5.75 Å². The van der Waals surface area contributed by atoms with Gasteiger partial charge >= 0.3 is 0 Å². The Morgan fingerprint density at radius 1 is 0.892 bits per heavy atom. The van der Waals surface area contributed by atoms with Gasteiger partial charge < -0.3 is 9.64 Å². The number of benzene rings is 3. The Kier molecular flexibility index (Phi) is 4.58. The highest BCUT2D eigenvalue weighted by molar-refractivity contribution is 6.19. The second kappa shape index (κ2) is 7.58. The van der Waals surface area contributed by atoms with E-state index in [1.807, 2.05) is 18.2 Å². The van der Waals surface area contributed by atoms with Gasteiger partial charge in [-0.1, -0.05) is 42.5 Å². The van der Waals surface area contributed by atoms with Crippen LogP contribution in [0.2, 0.25) is 0 Å². The highest BCUT2D eigenvalue weighted by Gasteiger charge is 2.57. The molecule has 7 rings (SSSR count). The van der Waals surface area contributed by atoms with Crippen molar-refractivity contribution in [2.24, 2.45) is 0 Å². The van der Waals surface area contributed by atoms with Gasteiger partial charge in [0.15, 0.2) is 0 Å². The molecule has 0 N–H and O–H groups in total. The molecule has 5 heteroatoms. The molecule has 1 unspecified atom stereocenters. The molecule has 3 aromatic rings. The summed E-state index contributed by atoms with van der Waals surface area (Å²) in [6, 6.07) is 18.7. The molecule has 1 atom stereocenters. The zero-order valence-electron chi connectivity index (χ0n) is 21.5. The Hall–Kier alpha value is -3.86. The topological polar surface area (TPSA) is 49.9 Å². The van der Waals surface area contributed by atoms with Crippen LogP contribution < -0.4 is 9.64 Å². The van der Waals surface area contributed by atoms with E-state index in [4.69, 9.17) is 4.74 Å². The number of likely N-dealkylation sites (N-methyl/N-ethyl adjacent to an activating group) is 1. The number of para-hydroxylation sites is 1. The van der Waals surface area contributed by atoms with Crippen LogP contribution in [0.1, 0.15) is 56.2 Å². The van der Waals surface area contributed by atoms with Gasteiger partial charge in [0.2, 0.25) is 5.72 Å². The molecule has 3 aliphatic heterocycles. The van der Waals surface area contributed by atoms with E-state index in [1.54, 1.807) is 0 Å². The Morgan fingerprint density at radius 2 is 1.54 bits per heavy atom. The summed E-state index contributed by atoms with van der Waals surface area (Å²) in [4.78, 5) is 30.1. The van der Waals surface area contributed by atoms with Crippen molar-refractivity contribution < 1.29 is 14.3 Å². The fourth-order valence-corrected chi connectivity index (χ4v) is 6.94. The molecule has 186 valence electrons. The Labute approximate surface area is 217 Å². The zero-order chi connectivity index (χ0) is 25.5. The molecule has 1 spiro atoms. The van der Waals surface area contributed by atoms with Crippen molar-refractivity contribution in [3.63, 3.8) is 0 Å². The number of carbonyl (C=O) groups excluding carboxylic acids is 2. The maximum Gasteiger partial charge on any atom is 0.257 e. The first-order valence-corrected chi connectivity index (χ1v) is 13.2. The van der Waals surface area contributed by atoms with E-state index in [1.165, 1.54) is 10.5 Å². The van der Waals surface area contributed by atoms with Gasteiger partial charge in [-0.15, -0.1) is 0 Å².